The number of hydrogen-bond donors (Lipinski definition) is 3. The Morgan fingerprint density at radius 3 is 2.46 bits per heavy atom. The molecule has 13 heavy (non-hydrogen) atoms. The smallest absolute Gasteiger partial charge is 0.101 e. The van der Waals surface area contributed by atoms with Crippen LogP contribution >= 0.6 is 0 Å². The molecule has 0 amide bonds. The maximum absolute atomic E-state index is 9.66. The number of aliphatic hydroxyl groups excluding tert-OH is 2. The topological polar surface area (TPSA) is 60.7 Å². The highest BCUT2D eigenvalue weighted by Gasteiger charge is 2.37. The van der Waals surface area contributed by atoms with E-state index in [4.69, 9.17) is 0 Å². The highest BCUT2D eigenvalue weighted by Crippen LogP contribution is 2.31. The zero-order valence-electron chi connectivity index (χ0n) is 8.36. The molecular formula is C10H18O3. The third kappa shape index (κ3) is 2.10. The summed E-state index contributed by atoms with van der Waals surface area (Å²) in [5, 5.41) is 28.8. The molecule has 0 radical (unpaired) electrons. The van der Waals surface area contributed by atoms with Gasteiger partial charge >= 0.3 is 0 Å². The van der Waals surface area contributed by atoms with Crippen molar-refractivity contribution >= 4 is 0 Å². The van der Waals surface area contributed by atoms with Crippen LogP contribution in [-0.4, -0.2) is 33.1 Å². The Kier molecular flexibility index (Phi) is 2.80. The predicted octanol–water partition coefficient (Wildman–Crippen LogP) is 0.445. The Balaban J connectivity index is 2.90. The molecule has 3 atom stereocenters. The highest BCUT2D eigenvalue weighted by molar-refractivity contribution is 5.20. The molecule has 1 aliphatic carbocycles. The van der Waals surface area contributed by atoms with Gasteiger partial charge in [0, 0.05) is 6.42 Å². The fourth-order valence-corrected chi connectivity index (χ4v) is 1.68. The van der Waals surface area contributed by atoms with Crippen molar-refractivity contribution < 1.29 is 15.3 Å². The minimum atomic E-state index is -1.20. The van der Waals surface area contributed by atoms with Crippen molar-refractivity contribution in [3.63, 3.8) is 0 Å². The van der Waals surface area contributed by atoms with Gasteiger partial charge in [0.15, 0.2) is 0 Å². The van der Waals surface area contributed by atoms with Gasteiger partial charge in [0.25, 0.3) is 0 Å². The summed E-state index contributed by atoms with van der Waals surface area (Å²) in [4.78, 5) is 0. The van der Waals surface area contributed by atoms with Gasteiger partial charge < -0.3 is 15.3 Å². The molecule has 1 rings (SSSR count). The Morgan fingerprint density at radius 1 is 1.46 bits per heavy atom. The van der Waals surface area contributed by atoms with Crippen LogP contribution in [0.25, 0.3) is 0 Å². The van der Waals surface area contributed by atoms with Gasteiger partial charge in [-0.05, 0) is 18.4 Å². The molecule has 0 spiro atoms. The quantitative estimate of drug-likeness (QED) is 0.521. The lowest BCUT2D eigenvalue weighted by Gasteiger charge is -2.36. The Morgan fingerprint density at radius 2 is 2.00 bits per heavy atom. The molecule has 3 nitrogen and oxygen atoms in total. The van der Waals surface area contributed by atoms with Crippen LogP contribution < -0.4 is 0 Å². The summed E-state index contributed by atoms with van der Waals surface area (Å²) in [6.45, 7) is 5.46. The molecule has 0 saturated carbocycles. The van der Waals surface area contributed by atoms with E-state index in [0.29, 0.717) is 0 Å². The van der Waals surface area contributed by atoms with Crippen LogP contribution in [0.4, 0.5) is 0 Å². The molecule has 0 heterocycles. The van der Waals surface area contributed by atoms with Crippen LogP contribution in [-0.2, 0) is 0 Å². The van der Waals surface area contributed by atoms with Crippen molar-refractivity contribution in [1.29, 1.82) is 0 Å². The molecule has 1 aliphatic rings. The molecule has 3 unspecified atom stereocenters. The molecule has 76 valence electrons. The van der Waals surface area contributed by atoms with Gasteiger partial charge in [-0.15, -0.1) is 0 Å². The first-order valence-electron chi connectivity index (χ1n) is 4.64. The van der Waals surface area contributed by atoms with Crippen molar-refractivity contribution in [2.24, 2.45) is 5.92 Å². The van der Waals surface area contributed by atoms with Crippen LogP contribution in [0.2, 0.25) is 0 Å². The van der Waals surface area contributed by atoms with Crippen molar-refractivity contribution in [2.75, 3.05) is 0 Å². The first kappa shape index (κ1) is 10.7. The van der Waals surface area contributed by atoms with E-state index in [-0.39, 0.29) is 12.3 Å². The molecule has 0 fully saturated rings. The van der Waals surface area contributed by atoms with Gasteiger partial charge in [-0.1, -0.05) is 19.9 Å². The normalized spacial score (nSPS) is 40.7. The molecule has 3 heteroatoms. The first-order chi connectivity index (χ1) is 5.84. The maximum Gasteiger partial charge on any atom is 0.101 e. The van der Waals surface area contributed by atoms with Gasteiger partial charge in [0.1, 0.15) is 6.10 Å². The van der Waals surface area contributed by atoms with Gasteiger partial charge in [0.2, 0.25) is 0 Å². The van der Waals surface area contributed by atoms with E-state index in [0.717, 1.165) is 5.57 Å². The number of hydrogen-bond acceptors (Lipinski definition) is 3. The van der Waals surface area contributed by atoms with Crippen molar-refractivity contribution in [2.45, 2.75) is 45.0 Å². The summed E-state index contributed by atoms with van der Waals surface area (Å²) in [6, 6.07) is 0. The third-order valence-electron chi connectivity index (χ3n) is 2.65. The molecule has 0 bridgehead atoms. The minimum absolute atomic E-state index is 0.207. The van der Waals surface area contributed by atoms with Crippen LogP contribution in [0.5, 0.6) is 0 Å². The monoisotopic (exact) mass is 186 g/mol. The zero-order valence-corrected chi connectivity index (χ0v) is 8.36. The van der Waals surface area contributed by atoms with Gasteiger partial charge in [-0.2, -0.15) is 0 Å². The predicted molar refractivity (Wildman–Crippen MR) is 50.2 cm³/mol. The van der Waals surface area contributed by atoms with Crippen LogP contribution in [0.15, 0.2) is 11.6 Å². The van der Waals surface area contributed by atoms with Crippen molar-refractivity contribution in [3.05, 3.63) is 11.6 Å². The number of rotatable bonds is 1. The maximum atomic E-state index is 9.66. The van der Waals surface area contributed by atoms with E-state index in [1.54, 1.807) is 6.08 Å². The van der Waals surface area contributed by atoms with E-state index in [9.17, 15) is 15.3 Å². The van der Waals surface area contributed by atoms with Crippen molar-refractivity contribution in [3.8, 4) is 0 Å². The summed E-state index contributed by atoms with van der Waals surface area (Å²) in [5.74, 6) is 0.209. The van der Waals surface area contributed by atoms with E-state index >= 15 is 0 Å². The number of aliphatic hydroxyl groups is 3. The lowest BCUT2D eigenvalue weighted by Crippen LogP contribution is -2.45. The summed E-state index contributed by atoms with van der Waals surface area (Å²) in [5.41, 5.74) is -0.378. The van der Waals surface area contributed by atoms with Crippen molar-refractivity contribution in [1.82, 2.24) is 0 Å². The van der Waals surface area contributed by atoms with Crippen LogP contribution in [0.3, 0.4) is 0 Å². The average Bonchev–Trinajstić information content (AvgIpc) is 1.95. The molecule has 0 aromatic carbocycles. The van der Waals surface area contributed by atoms with E-state index < -0.39 is 17.8 Å². The lowest BCUT2D eigenvalue weighted by atomic mass is 9.79. The van der Waals surface area contributed by atoms with Crippen LogP contribution in [0, 0.1) is 5.92 Å². The highest BCUT2D eigenvalue weighted by atomic mass is 16.3. The van der Waals surface area contributed by atoms with Gasteiger partial charge in [0.05, 0.1) is 11.7 Å². The van der Waals surface area contributed by atoms with Gasteiger partial charge in [-0.25, -0.2) is 0 Å². The summed E-state index contributed by atoms with van der Waals surface area (Å²) in [6.07, 6.45) is 0.281. The first-order valence-corrected chi connectivity index (χ1v) is 4.64. The molecule has 0 aromatic heterocycles. The summed E-state index contributed by atoms with van der Waals surface area (Å²) >= 11 is 0. The Hall–Kier alpha value is -0.380. The van der Waals surface area contributed by atoms with Gasteiger partial charge in [-0.3, -0.25) is 0 Å². The SMILES string of the molecule is CC(C)C1=CC(O)C(C)(O)CC1O. The lowest BCUT2D eigenvalue weighted by molar-refractivity contribution is -0.0731. The van der Waals surface area contributed by atoms with Crippen LogP contribution in [0.1, 0.15) is 27.2 Å². The minimum Gasteiger partial charge on any atom is -0.389 e. The van der Waals surface area contributed by atoms with E-state index in [1.807, 2.05) is 13.8 Å². The second-order valence-electron chi connectivity index (χ2n) is 4.34. The zero-order chi connectivity index (χ0) is 10.2. The Labute approximate surface area is 78.7 Å². The molecule has 0 saturated heterocycles. The fraction of sp³-hybridized carbons (Fsp3) is 0.800. The second kappa shape index (κ2) is 3.40. The largest absolute Gasteiger partial charge is 0.389 e. The van der Waals surface area contributed by atoms with E-state index in [2.05, 4.69) is 0 Å². The van der Waals surface area contributed by atoms with E-state index in [1.165, 1.54) is 6.92 Å². The standard InChI is InChI=1S/C10H18O3/c1-6(2)7-4-9(12)10(3,13)5-8(7)11/h4,6,8-9,11-13H,5H2,1-3H3. The fourth-order valence-electron chi connectivity index (χ4n) is 1.68. The second-order valence-corrected chi connectivity index (χ2v) is 4.34. The average molecular weight is 186 g/mol. The Bertz CT molecular complexity index is 218. The third-order valence-corrected chi connectivity index (χ3v) is 2.65. The summed E-state index contributed by atoms with van der Waals surface area (Å²) in [7, 11) is 0. The molecule has 3 N–H and O–H groups in total. The summed E-state index contributed by atoms with van der Waals surface area (Å²) < 4.78 is 0. The molecular weight excluding hydrogens is 168 g/mol. The molecule has 0 aromatic rings. The molecule has 0 aliphatic heterocycles.